The number of carbonyl (C=O) groups excluding carboxylic acids is 1. The summed E-state index contributed by atoms with van der Waals surface area (Å²) in [5.41, 5.74) is 4.19. The van der Waals surface area contributed by atoms with Gasteiger partial charge in [-0.25, -0.2) is 9.78 Å². The summed E-state index contributed by atoms with van der Waals surface area (Å²) in [5.74, 6) is 1.78. The third kappa shape index (κ3) is 4.79. The summed E-state index contributed by atoms with van der Waals surface area (Å²) in [4.78, 5) is 19.0. The molecule has 6 heteroatoms. The van der Waals surface area contributed by atoms with Crippen LogP contribution in [0.3, 0.4) is 0 Å². The van der Waals surface area contributed by atoms with Gasteiger partial charge in [0.25, 0.3) is 0 Å². The summed E-state index contributed by atoms with van der Waals surface area (Å²) in [5, 5.41) is 2.98. The molecule has 3 aromatic rings. The lowest BCUT2D eigenvalue weighted by molar-refractivity contribution is 0.244. The zero-order chi connectivity index (χ0) is 22.5. The topological polar surface area (TPSA) is 59.4 Å². The van der Waals surface area contributed by atoms with E-state index in [9.17, 15) is 4.79 Å². The number of hydrogen-bond donors (Lipinski definition) is 1. The molecular weight excluding hydrogens is 400 g/mol. The molecule has 0 aliphatic carbocycles. The van der Waals surface area contributed by atoms with Crippen molar-refractivity contribution < 1.29 is 9.53 Å². The number of hydrogen-bond acceptors (Lipinski definition) is 3. The normalized spacial score (nSPS) is 15.6. The van der Waals surface area contributed by atoms with Crippen LogP contribution in [0.2, 0.25) is 0 Å². The highest BCUT2D eigenvalue weighted by atomic mass is 16.5. The van der Waals surface area contributed by atoms with Gasteiger partial charge in [-0.05, 0) is 64.3 Å². The fourth-order valence-electron chi connectivity index (χ4n) is 4.40. The minimum Gasteiger partial charge on any atom is -0.491 e. The standard InChI is InChI=1S/C26H32N4O2/c1-19(30-20(2)25(28-21(30)3)22-10-6-4-7-11-22)18-32-24-14-12-23(13-15-24)29-17-9-5-8-16-27-26(29)31/h4,6-7,10-15,19H,5,8-9,16-18H2,1-3H3,(H,27,31). The van der Waals surface area contributed by atoms with Crippen LogP contribution in [0.25, 0.3) is 11.3 Å². The maximum absolute atomic E-state index is 12.4. The predicted molar refractivity (Wildman–Crippen MR) is 128 cm³/mol. The van der Waals surface area contributed by atoms with Crippen LogP contribution in [-0.2, 0) is 0 Å². The number of rotatable bonds is 6. The van der Waals surface area contributed by atoms with E-state index in [-0.39, 0.29) is 12.1 Å². The van der Waals surface area contributed by atoms with Gasteiger partial charge in [0.2, 0.25) is 0 Å². The smallest absolute Gasteiger partial charge is 0.321 e. The zero-order valence-corrected chi connectivity index (χ0v) is 19.2. The SMILES string of the molecule is Cc1nc(-c2ccccc2)c(C)n1C(C)COc1ccc(N2CCCCCNC2=O)cc1. The largest absolute Gasteiger partial charge is 0.491 e. The highest BCUT2D eigenvalue weighted by Crippen LogP contribution is 2.27. The van der Waals surface area contributed by atoms with E-state index in [4.69, 9.17) is 9.72 Å². The van der Waals surface area contributed by atoms with E-state index in [1.54, 1.807) is 0 Å². The lowest BCUT2D eigenvalue weighted by atomic mass is 10.1. The Bertz CT molecular complexity index is 1040. The molecule has 1 fully saturated rings. The summed E-state index contributed by atoms with van der Waals surface area (Å²) < 4.78 is 8.33. The average molecular weight is 433 g/mol. The van der Waals surface area contributed by atoms with Gasteiger partial charge >= 0.3 is 6.03 Å². The van der Waals surface area contributed by atoms with Gasteiger partial charge in [0.15, 0.2) is 0 Å². The lowest BCUT2D eigenvalue weighted by Gasteiger charge is -2.25. The second-order valence-electron chi connectivity index (χ2n) is 8.43. The number of ether oxygens (including phenoxy) is 1. The third-order valence-corrected chi connectivity index (χ3v) is 6.03. The number of aromatic nitrogens is 2. The van der Waals surface area contributed by atoms with Gasteiger partial charge in [0.1, 0.15) is 18.2 Å². The van der Waals surface area contributed by atoms with E-state index in [2.05, 4.69) is 35.9 Å². The van der Waals surface area contributed by atoms with Crippen LogP contribution in [0, 0.1) is 13.8 Å². The number of nitrogens with zero attached hydrogens (tertiary/aromatic N) is 3. The van der Waals surface area contributed by atoms with Gasteiger partial charge in [-0.3, -0.25) is 4.90 Å². The van der Waals surface area contributed by atoms with Gasteiger partial charge in [-0.15, -0.1) is 0 Å². The minimum absolute atomic E-state index is 0.0210. The molecule has 32 heavy (non-hydrogen) atoms. The summed E-state index contributed by atoms with van der Waals surface area (Å²) in [7, 11) is 0. The molecule has 2 amide bonds. The van der Waals surface area contributed by atoms with Crippen molar-refractivity contribution >= 4 is 11.7 Å². The summed E-state index contributed by atoms with van der Waals surface area (Å²) in [6, 6.07) is 18.2. The van der Waals surface area contributed by atoms with Crippen LogP contribution in [0.1, 0.15) is 43.7 Å². The fraction of sp³-hybridized carbons (Fsp3) is 0.385. The van der Waals surface area contributed by atoms with Crippen molar-refractivity contribution in [3.05, 3.63) is 66.1 Å². The Morgan fingerprint density at radius 3 is 2.53 bits per heavy atom. The first-order valence-corrected chi connectivity index (χ1v) is 11.4. The molecule has 2 aromatic carbocycles. The zero-order valence-electron chi connectivity index (χ0n) is 19.2. The Balaban J connectivity index is 1.42. The molecule has 1 saturated heterocycles. The molecule has 1 aliphatic rings. The number of imidazole rings is 1. The second kappa shape index (κ2) is 9.90. The van der Waals surface area contributed by atoms with Crippen LogP contribution in [0.5, 0.6) is 5.75 Å². The van der Waals surface area contributed by atoms with Crippen molar-refractivity contribution in [3.8, 4) is 17.0 Å². The van der Waals surface area contributed by atoms with Crippen LogP contribution in [0.4, 0.5) is 10.5 Å². The number of urea groups is 1. The fourth-order valence-corrected chi connectivity index (χ4v) is 4.40. The molecule has 0 radical (unpaired) electrons. The van der Waals surface area contributed by atoms with Crippen molar-refractivity contribution in [1.82, 2.24) is 14.9 Å². The maximum Gasteiger partial charge on any atom is 0.321 e. The number of amides is 2. The molecular formula is C26H32N4O2. The molecule has 6 nitrogen and oxygen atoms in total. The Morgan fingerprint density at radius 2 is 1.78 bits per heavy atom. The Morgan fingerprint density at radius 1 is 1.03 bits per heavy atom. The predicted octanol–water partition coefficient (Wildman–Crippen LogP) is 5.51. The average Bonchev–Trinajstić information content (AvgIpc) is 3.10. The van der Waals surface area contributed by atoms with Crippen molar-refractivity contribution in [1.29, 1.82) is 0 Å². The van der Waals surface area contributed by atoms with Crippen LogP contribution >= 0.6 is 0 Å². The Hall–Kier alpha value is -3.28. The molecule has 1 aliphatic heterocycles. The first-order chi connectivity index (χ1) is 15.5. The summed E-state index contributed by atoms with van der Waals surface area (Å²) >= 11 is 0. The van der Waals surface area contributed by atoms with E-state index in [0.29, 0.717) is 6.61 Å². The monoisotopic (exact) mass is 432 g/mol. The molecule has 0 bridgehead atoms. The molecule has 1 atom stereocenters. The highest BCUT2D eigenvalue weighted by molar-refractivity contribution is 5.92. The van der Waals surface area contributed by atoms with Gasteiger partial charge in [0, 0.05) is 30.0 Å². The molecule has 4 rings (SSSR count). The van der Waals surface area contributed by atoms with Crippen molar-refractivity contribution in [3.63, 3.8) is 0 Å². The molecule has 168 valence electrons. The summed E-state index contributed by atoms with van der Waals surface area (Å²) in [6.07, 6.45) is 3.21. The van der Waals surface area contributed by atoms with E-state index in [0.717, 1.165) is 66.6 Å². The van der Waals surface area contributed by atoms with Gasteiger partial charge in [0.05, 0.1) is 11.7 Å². The molecule has 0 saturated carbocycles. The molecule has 1 unspecified atom stereocenters. The Labute approximate surface area is 190 Å². The van der Waals surface area contributed by atoms with Crippen molar-refractivity contribution in [2.24, 2.45) is 0 Å². The van der Waals surface area contributed by atoms with Crippen LogP contribution in [-0.4, -0.2) is 35.3 Å². The van der Waals surface area contributed by atoms with E-state index < -0.39 is 0 Å². The number of anilines is 1. The molecule has 2 heterocycles. The number of carbonyl (C=O) groups is 1. The quantitative estimate of drug-likeness (QED) is 0.559. The minimum atomic E-state index is -0.0210. The maximum atomic E-state index is 12.4. The number of aryl methyl sites for hydroxylation is 1. The highest BCUT2D eigenvalue weighted by Gasteiger charge is 2.19. The van der Waals surface area contributed by atoms with Crippen LogP contribution in [0.15, 0.2) is 54.6 Å². The van der Waals surface area contributed by atoms with Gasteiger partial charge in [-0.1, -0.05) is 30.3 Å². The number of nitrogens with one attached hydrogen (secondary N) is 1. The number of benzene rings is 2. The third-order valence-electron chi connectivity index (χ3n) is 6.03. The van der Waals surface area contributed by atoms with Gasteiger partial charge < -0.3 is 14.6 Å². The van der Waals surface area contributed by atoms with Crippen molar-refractivity contribution in [2.45, 2.75) is 46.1 Å². The molecule has 1 N–H and O–H groups in total. The van der Waals surface area contributed by atoms with E-state index in [1.807, 2.05) is 54.3 Å². The van der Waals surface area contributed by atoms with Crippen LogP contribution < -0.4 is 15.0 Å². The van der Waals surface area contributed by atoms with E-state index >= 15 is 0 Å². The Kier molecular flexibility index (Phi) is 6.78. The summed E-state index contributed by atoms with van der Waals surface area (Å²) in [6.45, 7) is 8.33. The van der Waals surface area contributed by atoms with Crippen molar-refractivity contribution in [2.75, 3.05) is 24.6 Å². The first kappa shape index (κ1) is 21.9. The first-order valence-electron chi connectivity index (χ1n) is 11.4. The van der Waals surface area contributed by atoms with Gasteiger partial charge in [-0.2, -0.15) is 0 Å². The molecule has 0 spiro atoms. The lowest BCUT2D eigenvalue weighted by Crippen LogP contribution is -2.42. The van der Waals surface area contributed by atoms with E-state index in [1.165, 1.54) is 0 Å². The second-order valence-corrected chi connectivity index (χ2v) is 8.43. The molecule has 1 aromatic heterocycles.